The summed E-state index contributed by atoms with van der Waals surface area (Å²) in [4.78, 5) is 12.0. The molecule has 2 aromatic rings. The number of amides is 1. The monoisotopic (exact) mass is 262 g/mol. The molecule has 0 unspecified atom stereocenters. The van der Waals surface area contributed by atoms with Gasteiger partial charge in [-0.15, -0.1) is 0 Å². The van der Waals surface area contributed by atoms with Gasteiger partial charge in [0.05, 0.1) is 19.9 Å². The first-order valence-electron chi connectivity index (χ1n) is 5.60. The molecule has 19 heavy (non-hydrogen) atoms. The zero-order chi connectivity index (χ0) is 13.8. The summed E-state index contributed by atoms with van der Waals surface area (Å²) in [6, 6.07) is 5.13. The second-order valence-corrected chi connectivity index (χ2v) is 3.87. The first-order chi connectivity index (χ1) is 9.15. The SMILES string of the molecule is COc1ccc(OC)c(NC(=O)c2nocc2C)c1. The van der Waals surface area contributed by atoms with Gasteiger partial charge in [-0.1, -0.05) is 5.16 Å². The molecule has 1 heterocycles. The lowest BCUT2D eigenvalue weighted by Gasteiger charge is -2.11. The van der Waals surface area contributed by atoms with Crippen LogP contribution in [0.25, 0.3) is 0 Å². The van der Waals surface area contributed by atoms with E-state index in [1.54, 1.807) is 32.2 Å². The predicted molar refractivity (Wildman–Crippen MR) is 68.7 cm³/mol. The van der Waals surface area contributed by atoms with E-state index in [9.17, 15) is 4.79 Å². The van der Waals surface area contributed by atoms with Gasteiger partial charge in [0.2, 0.25) is 0 Å². The summed E-state index contributed by atoms with van der Waals surface area (Å²) in [6.45, 7) is 1.74. The number of hydrogen-bond donors (Lipinski definition) is 1. The Bertz CT molecular complexity index is 592. The number of methoxy groups -OCH3 is 2. The molecule has 1 amide bonds. The van der Waals surface area contributed by atoms with E-state index in [4.69, 9.17) is 14.0 Å². The van der Waals surface area contributed by atoms with Gasteiger partial charge in [0.1, 0.15) is 17.8 Å². The fourth-order valence-corrected chi connectivity index (χ4v) is 1.60. The van der Waals surface area contributed by atoms with E-state index in [-0.39, 0.29) is 11.6 Å². The second-order valence-electron chi connectivity index (χ2n) is 3.87. The topological polar surface area (TPSA) is 73.6 Å². The van der Waals surface area contributed by atoms with Crippen LogP contribution in [0.5, 0.6) is 11.5 Å². The maximum absolute atomic E-state index is 12.0. The third-order valence-electron chi connectivity index (χ3n) is 2.62. The van der Waals surface area contributed by atoms with Crippen LogP contribution >= 0.6 is 0 Å². The fraction of sp³-hybridized carbons (Fsp3) is 0.231. The van der Waals surface area contributed by atoms with Gasteiger partial charge < -0.3 is 19.3 Å². The van der Waals surface area contributed by atoms with Crippen LogP contribution in [0.1, 0.15) is 16.1 Å². The lowest BCUT2D eigenvalue weighted by atomic mass is 10.2. The van der Waals surface area contributed by atoms with Crippen molar-refractivity contribution in [2.24, 2.45) is 0 Å². The highest BCUT2D eigenvalue weighted by Gasteiger charge is 2.16. The van der Waals surface area contributed by atoms with Crippen molar-refractivity contribution in [3.63, 3.8) is 0 Å². The lowest BCUT2D eigenvalue weighted by Crippen LogP contribution is -2.14. The largest absolute Gasteiger partial charge is 0.497 e. The molecule has 2 rings (SSSR count). The van der Waals surface area contributed by atoms with Crippen molar-refractivity contribution >= 4 is 11.6 Å². The van der Waals surface area contributed by atoms with Gasteiger partial charge >= 0.3 is 0 Å². The van der Waals surface area contributed by atoms with Gasteiger partial charge in [-0.2, -0.15) is 0 Å². The molecule has 0 saturated heterocycles. The van der Waals surface area contributed by atoms with E-state index in [1.807, 2.05) is 0 Å². The molecule has 0 bridgehead atoms. The molecule has 0 aliphatic heterocycles. The van der Waals surface area contributed by atoms with E-state index < -0.39 is 0 Å². The van der Waals surface area contributed by atoms with Crippen LogP contribution in [-0.4, -0.2) is 25.3 Å². The van der Waals surface area contributed by atoms with Crippen LogP contribution in [0.4, 0.5) is 5.69 Å². The molecule has 6 heteroatoms. The van der Waals surface area contributed by atoms with Crippen LogP contribution in [0.15, 0.2) is 29.0 Å². The van der Waals surface area contributed by atoms with Crippen molar-refractivity contribution in [3.05, 3.63) is 35.7 Å². The van der Waals surface area contributed by atoms with Crippen LogP contribution in [-0.2, 0) is 0 Å². The molecular weight excluding hydrogens is 248 g/mol. The normalized spacial score (nSPS) is 10.1. The van der Waals surface area contributed by atoms with Crippen molar-refractivity contribution in [2.45, 2.75) is 6.92 Å². The third kappa shape index (κ3) is 2.67. The van der Waals surface area contributed by atoms with Gasteiger partial charge in [-0.25, -0.2) is 0 Å². The number of aryl methyl sites for hydroxylation is 1. The molecular formula is C13H14N2O4. The highest BCUT2D eigenvalue weighted by molar-refractivity contribution is 6.04. The fourth-order valence-electron chi connectivity index (χ4n) is 1.60. The minimum Gasteiger partial charge on any atom is -0.497 e. The lowest BCUT2D eigenvalue weighted by molar-refractivity contribution is 0.101. The summed E-state index contributed by atoms with van der Waals surface area (Å²) < 4.78 is 15.0. The summed E-state index contributed by atoms with van der Waals surface area (Å²) >= 11 is 0. The minimum absolute atomic E-state index is 0.241. The summed E-state index contributed by atoms with van der Waals surface area (Å²) in [5.41, 5.74) is 1.42. The van der Waals surface area contributed by atoms with E-state index in [0.29, 0.717) is 22.7 Å². The molecule has 1 aromatic carbocycles. The number of aromatic nitrogens is 1. The van der Waals surface area contributed by atoms with Gasteiger partial charge in [0.25, 0.3) is 5.91 Å². The van der Waals surface area contributed by atoms with E-state index in [1.165, 1.54) is 13.4 Å². The molecule has 0 aliphatic carbocycles. The van der Waals surface area contributed by atoms with E-state index in [2.05, 4.69) is 10.5 Å². The van der Waals surface area contributed by atoms with Crippen LogP contribution in [0.3, 0.4) is 0 Å². The first kappa shape index (κ1) is 12.9. The highest BCUT2D eigenvalue weighted by atomic mass is 16.5. The summed E-state index contributed by atoms with van der Waals surface area (Å²) in [6.07, 6.45) is 1.41. The highest BCUT2D eigenvalue weighted by Crippen LogP contribution is 2.29. The smallest absolute Gasteiger partial charge is 0.278 e. The average molecular weight is 262 g/mol. The van der Waals surface area contributed by atoms with Crippen molar-refractivity contribution in [1.29, 1.82) is 0 Å². The molecule has 0 saturated carbocycles. The van der Waals surface area contributed by atoms with E-state index >= 15 is 0 Å². The predicted octanol–water partition coefficient (Wildman–Crippen LogP) is 2.25. The standard InChI is InChI=1S/C13H14N2O4/c1-8-7-19-15-12(8)13(16)14-10-6-9(17-2)4-5-11(10)18-3/h4-7H,1-3H3,(H,14,16). The summed E-state index contributed by atoms with van der Waals surface area (Å²) in [7, 11) is 3.08. The van der Waals surface area contributed by atoms with Crippen LogP contribution in [0, 0.1) is 6.92 Å². The molecule has 6 nitrogen and oxygen atoms in total. The number of carbonyl (C=O) groups excluding carboxylic acids is 1. The van der Waals surface area contributed by atoms with Crippen molar-refractivity contribution in [2.75, 3.05) is 19.5 Å². The van der Waals surface area contributed by atoms with Crippen molar-refractivity contribution in [1.82, 2.24) is 5.16 Å². The Balaban J connectivity index is 2.27. The number of benzene rings is 1. The molecule has 0 spiro atoms. The minimum atomic E-state index is -0.363. The third-order valence-corrected chi connectivity index (χ3v) is 2.62. The van der Waals surface area contributed by atoms with Gasteiger partial charge in [0, 0.05) is 11.6 Å². The Hall–Kier alpha value is -2.50. The molecule has 1 N–H and O–H groups in total. The Labute approximate surface area is 110 Å². The van der Waals surface area contributed by atoms with Crippen molar-refractivity contribution in [3.8, 4) is 11.5 Å². The number of nitrogens with zero attached hydrogens (tertiary/aromatic N) is 1. The van der Waals surface area contributed by atoms with Crippen LogP contribution < -0.4 is 14.8 Å². The quantitative estimate of drug-likeness (QED) is 0.914. The molecule has 100 valence electrons. The Kier molecular flexibility index (Phi) is 3.70. The molecule has 0 radical (unpaired) electrons. The number of carbonyl (C=O) groups is 1. The Morgan fingerprint density at radius 3 is 2.68 bits per heavy atom. The molecule has 0 atom stereocenters. The van der Waals surface area contributed by atoms with E-state index in [0.717, 1.165) is 0 Å². The molecule has 1 aromatic heterocycles. The Morgan fingerprint density at radius 1 is 1.32 bits per heavy atom. The Morgan fingerprint density at radius 2 is 2.11 bits per heavy atom. The molecule has 0 aliphatic rings. The van der Waals surface area contributed by atoms with Gasteiger partial charge in [-0.3, -0.25) is 4.79 Å². The van der Waals surface area contributed by atoms with Crippen LogP contribution in [0.2, 0.25) is 0 Å². The number of anilines is 1. The number of ether oxygens (including phenoxy) is 2. The van der Waals surface area contributed by atoms with Gasteiger partial charge in [-0.05, 0) is 19.1 Å². The zero-order valence-corrected chi connectivity index (χ0v) is 10.9. The maximum atomic E-state index is 12.0. The number of nitrogens with one attached hydrogen (secondary N) is 1. The number of rotatable bonds is 4. The number of hydrogen-bond acceptors (Lipinski definition) is 5. The summed E-state index contributed by atoms with van der Waals surface area (Å²) in [5, 5.41) is 6.36. The maximum Gasteiger partial charge on any atom is 0.278 e. The summed E-state index contributed by atoms with van der Waals surface area (Å²) in [5.74, 6) is 0.793. The first-order valence-corrected chi connectivity index (χ1v) is 5.60. The van der Waals surface area contributed by atoms with Crippen molar-refractivity contribution < 1.29 is 18.8 Å². The molecule has 0 fully saturated rings. The zero-order valence-electron chi connectivity index (χ0n) is 10.9. The van der Waals surface area contributed by atoms with Gasteiger partial charge in [0.15, 0.2) is 5.69 Å². The second kappa shape index (κ2) is 5.43. The average Bonchev–Trinajstić information content (AvgIpc) is 2.85.